The maximum absolute atomic E-state index is 13.3. The Morgan fingerprint density at radius 3 is 2.44 bits per heavy atom. The molecule has 2 rings (SSSR count). The summed E-state index contributed by atoms with van der Waals surface area (Å²) in [6.45, 7) is 1.96. The molecule has 18 heavy (non-hydrogen) atoms. The highest BCUT2D eigenvalue weighted by Crippen LogP contribution is 2.24. The van der Waals surface area contributed by atoms with Crippen molar-refractivity contribution in [1.29, 1.82) is 0 Å². The standard InChI is InChI=1S/C14H13ClFNO/c1-9(10-2-5-12(18)6-3-10)17-11-4-7-13(15)14(16)8-11/h2-9,17-18H,1H3. The summed E-state index contributed by atoms with van der Waals surface area (Å²) in [4.78, 5) is 0. The minimum Gasteiger partial charge on any atom is -0.508 e. The molecule has 1 unspecified atom stereocenters. The predicted octanol–water partition coefficient (Wildman–Crippen LogP) is 4.36. The predicted molar refractivity (Wildman–Crippen MR) is 71.6 cm³/mol. The molecule has 0 saturated heterocycles. The Kier molecular flexibility index (Phi) is 3.72. The van der Waals surface area contributed by atoms with E-state index in [4.69, 9.17) is 11.6 Å². The highest BCUT2D eigenvalue weighted by atomic mass is 35.5. The molecule has 0 heterocycles. The number of phenols is 1. The number of phenolic OH excluding ortho intramolecular Hbond substituents is 1. The van der Waals surface area contributed by atoms with Crippen LogP contribution in [0.4, 0.5) is 10.1 Å². The van der Waals surface area contributed by atoms with Gasteiger partial charge in [0, 0.05) is 11.7 Å². The molecule has 0 spiro atoms. The second-order valence-corrected chi connectivity index (χ2v) is 4.49. The average molecular weight is 266 g/mol. The van der Waals surface area contributed by atoms with Gasteiger partial charge >= 0.3 is 0 Å². The van der Waals surface area contributed by atoms with Gasteiger partial charge in [0.05, 0.1) is 5.02 Å². The first-order chi connectivity index (χ1) is 8.56. The Bertz CT molecular complexity index is 542. The van der Waals surface area contributed by atoms with Gasteiger partial charge in [0.15, 0.2) is 0 Å². The topological polar surface area (TPSA) is 32.3 Å². The van der Waals surface area contributed by atoms with Crippen LogP contribution < -0.4 is 5.32 Å². The van der Waals surface area contributed by atoms with Crippen LogP contribution in [0.2, 0.25) is 5.02 Å². The van der Waals surface area contributed by atoms with Gasteiger partial charge in [0.25, 0.3) is 0 Å². The van der Waals surface area contributed by atoms with E-state index in [2.05, 4.69) is 5.32 Å². The third-order valence-corrected chi connectivity index (χ3v) is 3.00. The van der Waals surface area contributed by atoms with Crippen LogP contribution in [0.5, 0.6) is 5.75 Å². The van der Waals surface area contributed by atoms with Crippen molar-refractivity contribution in [2.24, 2.45) is 0 Å². The molecule has 0 bridgehead atoms. The van der Waals surface area contributed by atoms with Gasteiger partial charge < -0.3 is 10.4 Å². The molecule has 0 radical (unpaired) electrons. The molecular weight excluding hydrogens is 253 g/mol. The molecule has 2 aromatic carbocycles. The number of benzene rings is 2. The minimum atomic E-state index is -0.445. The van der Waals surface area contributed by atoms with Crippen molar-refractivity contribution in [2.75, 3.05) is 5.32 Å². The Balaban J connectivity index is 2.13. The van der Waals surface area contributed by atoms with Gasteiger partial charge in [-0.2, -0.15) is 0 Å². The lowest BCUT2D eigenvalue weighted by Gasteiger charge is -2.16. The molecule has 0 fully saturated rings. The first kappa shape index (κ1) is 12.7. The fourth-order valence-electron chi connectivity index (χ4n) is 1.68. The van der Waals surface area contributed by atoms with Crippen molar-refractivity contribution in [1.82, 2.24) is 0 Å². The van der Waals surface area contributed by atoms with Gasteiger partial charge in [-0.15, -0.1) is 0 Å². The van der Waals surface area contributed by atoms with Crippen LogP contribution in [0.3, 0.4) is 0 Å². The average Bonchev–Trinajstić information content (AvgIpc) is 2.34. The zero-order valence-corrected chi connectivity index (χ0v) is 10.6. The molecule has 1 atom stereocenters. The second-order valence-electron chi connectivity index (χ2n) is 4.09. The van der Waals surface area contributed by atoms with Crippen LogP contribution >= 0.6 is 11.6 Å². The van der Waals surface area contributed by atoms with Crippen LogP contribution in [-0.2, 0) is 0 Å². The Labute approximate surface area is 110 Å². The maximum atomic E-state index is 13.3. The third kappa shape index (κ3) is 2.93. The number of nitrogens with one attached hydrogen (secondary N) is 1. The quantitative estimate of drug-likeness (QED) is 0.864. The Morgan fingerprint density at radius 1 is 1.17 bits per heavy atom. The molecule has 2 nitrogen and oxygen atoms in total. The van der Waals surface area contributed by atoms with Gasteiger partial charge in [0.1, 0.15) is 11.6 Å². The minimum absolute atomic E-state index is 0.00572. The van der Waals surface area contributed by atoms with E-state index in [1.165, 1.54) is 12.1 Å². The molecule has 4 heteroatoms. The zero-order chi connectivity index (χ0) is 13.1. The van der Waals surface area contributed by atoms with E-state index >= 15 is 0 Å². The highest BCUT2D eigenvalue weighted by Gasteiger charge is 2.07. The molecule has 0 aliphatic carbocycles. The second kappa shape index (κ2) is 5.27. The van der Waals surface area contributed by atoms with Crippen LogP contribution in [0.15, 0.2) is 42.5 Å². The summed E-state index contributed by atoms with van der Waals surface area (Å²) in [6.07, 6.45) is 0. The first-order valence-corrected chi connectivity index (χ1v) is 5.94. The normalized spacial score (nSPS) is 12.2. The molecule has 0 saturated carbocycles. The maximum Gasteiger partial charge on any atom is 0.143 e. The van der Waals surface area contributed by atoms with Crippen molar-refractivity contribution >= 4 is 17.3 Å². The van der Waals surface area contributed by atoms with Crippen molar-refractivity contribution < 1.29 is 9.50 Å². The van der Waals surface area contributed by atoms with Gasteiger partial charge in [-0.05, 0) is 42.8 Å². The zero-order valence-electron chi connectivity index (χ0n) is 9.82. The van der Waals surface area contributed by atoms with Crippen molar-refractivity contribution in [3.63, 3.8) is 0 Å². The number of hydrogen-bond acceptors (Lipinski definition) is 2. The molecule has 0 aliphatic heterocycles. The summed E-state index contributed by atoms with van der Waals surface area (Å²) in [5, 5.41) is 12.5. The van der Waals surface area contributed by atoms with E-state index in [-0.39, 0.29) is 16.8 Å². The van der Waals surface area contributed by atoms with Gasteiger partial charge in [-0.25, -0.2) is 4.39 Å². The summed E-state index contributed by atoms with van der Waals surface area (Å²) in [5.41, 5.74) is 1.67. The molecule has 0 aromatic heterocycles. The van der Waals surface area contributed by atoms with Gasteiger partial charge in [0.2, 0.25) is 0 Å². The lowest BCUT2D eigenvalue weighted by atomic mass is 10.1. The van der Waals surface area contributed by atoms with Crippen LogP contribution in [0.25, 0.3) is 0 Å². The monoisotopic (exact) mass is 265 g/mol. The van der Waals surface area contributed by atoms with Gasteiger partial charge in [-0.1, -0.05) is 23.7 Å². The van der Waals surface area contributed by atoms with Crippen LogP contribution in [-0.4, -0.2) is 5.11 Å². The Hall–Kier alpha value is -1.74. The van der Waals surface area contributed by atoms with E-state index in [0.717, 1.165) is 5.56 Å². The van der Waals surface area contributed by atoms with Gasteiger partial charge in [-0.3, -0.25) is 0 Å². The summed E-state index contributed by atoms with van der Waals surface area (Å²) in [7, 11) is 0. The fraction of sp³-hybridized carbons (Fsp3) is 0.143. The van der Waals surface area contributed by atoms with Crippen molar-refractivity contribution in [2.45, 2.75) is 13.0 Å². The lowest BCUT2D eigenvalue weighted by Crippen LogP contribution is -2.06. The summed E-state index contributed by atoms with van der Waals surface area (Å²) in [5.74, 6) is -0.219. The van der Waals surface area contributed by atoms with E-state index in [1.807, 2.05) is 19.1 Å². The number of aromatic hydroxyl groups is 1. The molecule has 0 amide bonds. The summed E-state index contributed by atoms with van der Waals surface area (Å²) >= 11 is 5.62. The smallest absolute Gasteiger partial charge is 0.143 e. The molecule has 2 aromatic rings. The summed E-state index contributed by atoms with van der Waals surface area (Å²) < 4.78 is 13.3. The summed E-state index contributed by atoms with van der Waals surface area (Å²) in [6, 6.07) is 11.5. The number of halogens is 2. The molecule has 2 N–H and O–H groups in total. The number of hydrogen-bond donors (Lipinski definition) is 2. The number of anilines is 1. The highest BCUT2D eigenvalue weighted by molar-refractivity contribution is 6.30. The van der Waals surface area contributed by atoms with Crippen molar-refractivity contribution in [3.05, 3.63) is 58.9 Å². The van der Waals surface area contributed by atoms with Crippen molar-refractivity contribution in [3.8, 4) is 5.75 Å². The van der Waals surface area contributed by atoms with E-state index in [9.17, 15) is 9.50 Å². The number of rotatable bonds is 3. The fourth-order valence-corrected chi connectivity index (χ4v) is 1.80. The molecular formula is C14H13ClFNO. The van der Waals surface area contributed by atoms with E-state index < -0.39 is 5.82 Å². The van der Waals surface area contributed by atoms with E-state index in [1.54, 1.807) is 18.2 Å². The molecule has 0 aliphatic rings. The van der Waals surface area contributed by atoms with E-state index in [0.29, 0.717) is 5.69 Å². The third-order valence-electron chi connectivity index (χ3n) is 2.70. The SMILES string of the molecule is CC(Nc1ccc(Cl)c(F)c1)c1ccc(O)cc1. The van der Waals surface area contributed by atoms with Crippen LogP contribution in [0, 0.1) is 5.82 Å². The largest absolute Gasteiger partial charge is 0.508 e. The Morgan fingerprint density at radius 2 is 1.83 bits per heavy atom. The molecule has 94 valence electrons. The van der Waals surface area contributed by atoms with Crippen LogP contribution in [0.1, 0.15) is 18.5 Å². The lowest BCUT2D eigenvalue weighted by molar-refractivity contribution is 0.475. The first-order valence-electron chi connectivity index (χ1n) is 5.57.